The van der Waals surface area contributed by atoms with Crippen LogP contribution in [0, 0.1) is 5.41 Å². The van der Waals surface area contributed by atoms with Crippen LogP contribution in [0.3, 0.4) is 0 Å². The van der Waals surface area contributed by atoms with Crippen LogP contribution in [0.15, 0.2) is 41.9 Å². The summed E-state index contributed by atoms with van der Waals surface area (Å²) in [5.74, 6) is -2.85. The maximum Gasteiger partial charge on any atom is 0.305 e. The molecule has 3 atom stereocenters. The highest BCUT2D eigenvalue weighted by molar-refractivity contribution is 7.93. The normalized spacial score (nSPS) is 17.6. The fraction of sp³-hybridized carbons (Fsp3) is 0.462. The minimum absolute atomic E-state index is 0.113. The van der Waals surface area contributed by atoms with Crippen LogP contribution in [0.25, 0.3) is 11.0 Å². The van der Waals surface area contributed by atoms with Crippen molar-refractivity contribution in [3.8, 4) is 0 Å². The molecule has 0 aliphatic carbocycles. The number of hydrogen-bond donors (Lipinski definition) is 3. The topological polar surface area (TPSA) is 176 Å². The standard InChI is InChI=1S/C26H33N5O7S/c1-26(2,3)22(30-23(34)19-10-9-17-18(29-19)7-5-12-27-17)25(36)31-13-6-8-20(31)24(35)28-16(15-21(32)33)11-14-39(4,37)38/h5,7,9-12,14,16,20,22H,6,8,13,15H2,1-4H3,(H,28,35)(H,30,34)(H,32,33)/b14-11+/t16-,20-,22+/m1/s1. The van der Waals surface area contributed by atoms with Crippen molar-refractivity contribution >= 4 is 44.6 Å². The minimum Gasteiger partial charge on any atom is -0.481 e. The number of pyridine rings is 2. The molecule has 0 radical (unpaired) electrons. The van der Waals surface area contributed by atoms with Crippen LogP contribution < -0.4 is 10.6 Å². The summed E-state index contributed by atoms with van der Waals surface area (Å²) in [4.78, 5) is 61.1. The van der Waals surface area contributed by atoms with E-state index in [2.05, 4.69) is 20.6 Å². The predicted octanol–water partition coefficient (Wildman–Crippen LogP) is 1.28. The van der Waals surface area contributed by atoms with Gasteiger partial charge in [0.05, 0.1) is 23.5 Å². The van der Waals surface area contributed by atoms with E-state index in [-0.39, 0.29) is 12.2 Å². The molecule has 1 aliphatic heterocycles. The molecule has 210 valence electrons. The van der Waals surface area contributed by atoms with Crippen LogP contribution >= 0.6 is 0 Å². The van der Waals surface area contributed by atoms with Crippen molar-refractivity contribution in [1.29, 1.82) is 0 Å². The van der Waals surface area contributed by atoms with E-state index in [1.807, 2.05) is 0 Å². The Morgan fingerprint density at radius 1 is 1.15 bits per heavy atom. The number of nitrogens with zero attached hydrogens (tertiary/aromatic N) is 3. The lowest BCUT2D eigenvalue weighted by molar-refractivity contribution is -0.142. The van der Waals surface area contributed by atoms with Crippen LogP contribution in [-0.4, -0.2) is 83.0 Å². The Bertz CT molecular complexity index is 1400. The summed E-state index contributed by atoms with van der Waals surface area (Å²) in [6.45, 7) is 5.63. The number of rotatable bonds is 9. The molecule has 39 heavy (non-hydrogen) atoms. The highest BCUT2D eigenvalue weighted by Gasteiger charge is 2.42. The number of likely N-dealkylation sites (tertiary alicyclic amines) is 1. The highest BCUT2D eigenvalue weighted by atomic mass is 32.2. The quantitative estimate of drug-likeness (QED) is 0.408. The van der Waals surface area contributed by atoms with Gasteiger partial charge in [0.1, 0.15) is 17.8 Å². The maximum absolute atomic E-state index is 13.7. The number of fused-ring (bicyclic) bond motifs is 1. The van der Waals surface area contributed by atoms with Gasteiger partial charge in [0.2, 0.25) is 11.8 Å². The zero-order valence-electron chi connectivity index (χ0n) is 22.2. The Balaban J connectivity index is 1.79. The molecule has 2 aromatic heterocycles. The summed E-state index contributed by atoms with van der Waals surface area (Å²) in [6.07, 6.45) is 3.99. The lowest BCUT2D eigenvalue weighted by atomic mass is 9.85. The Hall–Kier alpha value is -3.87. The van der Waals surface area contributed by atoms with Gasteiger partial charge in [-0.2, -0.15) is 0 Å². The fourth-order valence-corrected chi connectivity index (χ4v) is 4.75. The molecule has 3 rings (SSSR count). The molecule has 1 aliphatic rings. The number of amides is 3. The molecule has 0 unspecified atom stereocenters. The molecule has 0 bridgehead atoms. The second-order valence-electron chi connectivity index (χ2n) is 10.6. The Morgan fingerprint density at radius 2 is 1.87 bits per heavy atom. The van der Waals surface area contributed by atoms with Crippen molar-refractivity contribution in [3.05, 3.63) is 47.6 Å². The predicted molar refractivity (Wildman–Crippen MR) is 143 cm³/mol. The second kappa shape index (κ2) is 11.9. The van der Waals surface area contributed by atoms with Crippen molar-refractivity contribution in [1.82, 2.24) is 25.5 Å². The lowest BCUT2D eigenvalue weighted by Gasteiger charge is -2.35. The Morgan fingerprint density at radius 3 is 2.51 bits per heavy atom. The number of carboxylic acids is 1. The van der Waals surface area contributed by atoms with Gasteiger partial charge in [-0.3, -0.25) is 24.2 Å². The summed E-state index contributed by atoms with van der Waals surface area (Å²) >= 11 is 0. The molecule has 0 aromatic carbocycles. The number of aliphatic carboxylic acids is 1. The number of carbonyl (C=O) groups is 4. The number of carbonyl (C=O) groups excluding carboxylic acids is 3. The first-order valence-electron chi connectivity index (χ1n) is 12.4. The second-order valence-corrected chi connectivity index (χ2v) is 12.5. The summed E-state index contributed by atoms with van der Waals surface area (Å²) in [7, 11) is -3.55. The number of hydrogen-bond acceptors (Lipinski definition) is 8. The van der Waals surface area contributed by atoms with E-state index in [1.54, 1.807) is 45.2 Å². The molecule has 0 spiro atoms. The third kappa shape index (κ3) is 8.06. The van der Waals surface area contributed by atoms with Gasteiger partial charge in [-0.1, -0.05) is 26.8 Å². The zero-order chi connectivity index (χ0) is 29.0. The molecule has 3 amide bonds. The van der Waals surface area contributed by atoms with Crippen LogP contribution in [0.5, 0.6) is 0 Å². The van der Waals surface area contributed by atoms with E-state index in [4.69, 9.17) is 0 Å². The highest BCUT2D eigenvalue weighted by Crippen LogP contribution is 2.26. The Labute approximate surface area is 226 Å². The molecule has 2 aromatic rings. The number of nitrogens with one attached hydrogen (secondary N) is 2. The van der Waals surface area contributed by atoms with Crippen LogP contribution in [0.2, 0.25) is 0 Å². The molecule has 1 saturated heterocycles. The lowest BCUT2D eigenvalue weighted by Crippen LogP contribution is -2.58. The van der Waals surface area contributed by atoms with Crippen molar-refractivity contribution in [2.24, 2.45) is 5.41 Å². The van der Waals surface area contributed by atoms with E-state index in [0.717, 1.165) is 17.7 Å². The fourth-order valence-electron chi connectivity index (χ4n) is 4.28. The van der Waals surface area contributed by atoms with E-state index in [0.29, 0.717) is 23.9 Å². The zero-order valence-corrected chi connectivity index (χ0v) is 23.1. The van der Waals surface area contributed by atoms with Crippen LogP contribution in [0.4, 0.5) is 0 Å². The van der Waals surface area contributed by atoms with Gasteiger partial charge in [0.15, 0.2) is 9.84 Å². The summed E-state index contributed by atoms with van der Waals surface area (Å²) in [5, 5.41) is 15.3. The molecule has 3 N–H and O–H groups in total. The van der Waals surface area contributed by atoms with E-state index in [9.17, 15) is 32.7 Å². The first kappa shape index (κ1) is 29.7. The smallest absolute Gasteiger partial charge is 0.305 e. The molecule has 0 saturated carbocycles. The third-order valence-corrected chi connectivity index (χ3v) is 6.85. The maximum atomic E-state index is 13.7. The molecule has 1 fully saturated rings. The Kier molecular flexibility index (Phi) is 9.05. The van der Waals surface area contributed by atoms with Crippen molar-refractivity contribution in [2.75, 3.05) is 12.8 Å². The first-order chi connectivity index (χ1) is 18.2. The number of aromatic nitrogens is 2. The summed E-state index contributed by atoms with van der Waals surface area (Å²) in [5.41, 5.74) is 0.540. The van der Waals surface area contributed by atoms with E-state index < -0.39 is 63.5 Å². The number of carboxylic acid groups (broad SMARTS) is 1. The SMILES string of the molecule is CC(C)(C)[C@@H](NC(=O)c1ccc2ncccc2n1)C(=O)N1CCC[C@@H]1C(=O)N[C@H](/C=C/S(C)(=O)=O)CC(=O)O. The van der Waals surface area contributed by atoms with Crippen LogP contribution in [0.1, 0.15) is 50.5 Å². The largest absolute Gasteiger partial charge is 0.481 e. The molecular weight excluding hydrogens is 526 g/mol. The van der Waals surface area contributed by atoms with Gasteiger partial charge < -0.3 is 20.6 Å². The monoisotopic (exact) mass is 559 g/mol. The first-order valence-corrected chi connectivity index (χ1v) is 14.3. The third-order valence-electron chi connectivity index (χ3n) is 6.20. The van der Waals surface area contributed by atoms with Gasteiger partial charge >= 0.3 is 5.97 Å². The molecular formula is C26H33N5O7S. The minimum atomic E-state index is -3.55. The number of sulfone groups is 1. The van der Waals surface area contributed by atoms with E-state index >= 15 is 0 Å². The molecule has 3 heterocycles. The van der Waals surface area contributed by atoms with Gasteiger partial charge in [0.25, 0.3) is 5.91 Å². The summed E-state index contributed by atoms with van der Waals surface area (Å²) < 4.78 is 23.0. The summed E-state index contributed by atoms with van der Waals surface area (Å²) in [6, 6.07) is 3.62. The average molecular weight is 560 g/mol. The average Bonchev–Trinajstić information content (AvgIpc) is 3.34. The van der Waals surface area contributed by atoms with Gasteiger partial charge in [-0.15, -0.1) is 0 Å². The molecule has 13 heteroatoms. The van der Waals surface area contributed by atoms with Crippen molar-refractivity contribution in [3.63, 3.8) is 0 Å². The van der Waals surface area contributed by atoms with Gasteiger partial charge in [-0.05, 0) is 42.5 Å². The van der Waals surface area contributed by atoms with Gasteiger partial charge in [0, 0.05) is 24.4 Å². The van der Waals surface area contributed by atoms with Gasteiger partial charge in [-0.25, -0.2) is 13.4 Å². The molecule has 12 nitrogen and oxygen atoms in total. The van der Waals surface area contributed by atoms with Crippen molar-refractivity contribution < 1.29 is 32.7 Å². The van der Waals surface area contributed by atoms with E-state index in [1.165, 1.54) is 11.0 Å². The van der Waals surface area contributed by atoms with Crippen LogP contribution in [-0.2, 0) is 24.2 Å². The van der Waals surface area contributed by atoms with Crippen molar-refractivity contribution in [2.45, 2.75) is 58.2 Å².